The Morgan fingerprint density at radius 1 is 0.703 bits per heavy atom. The number of fused-ring (bicyclic) bond motifs is 3. The van der Waals surface area contributed by atoms with Crippen LogP contribution in [0.2, 0.25) is 0 Å². The molecule has 2 aromatic heterocycles. The number of amides is 4. The summed E-state index contributed by atoms with van der Waals surface area (Å²) in [6.45, 7) is 7.74. The molecule has 2 aliphatic carbocycles. The number of aromatic amines is 2. The predicted octanol–water partition coefficient (Wildman–Crippen LogP) is 7.83. The Hall–Kier alpha value is -6.22. The largest absolute Gasteiger partial charge is 0.465 e. The Labute approximate surface area is 371 Å². The van der Waals surface area contributed by atoms with Gasteiger partial charge in [0.25, 0.3) is 0 Å². The molecule has 0 bridgehead atoms. The maximum Gasteiger partial charge on any atom is 0.407 e. The number of benzene rings is 3. The number of piperidine rings is 2. The fourth-order valence-corrected chi connectivity index (χ4v) is 11.0. The molecule has 5 aromatic rings. The molecule has 0 spiro atoms. The lowest BCUT2D eigenvalue weighted by atomic mass is 9.85. The van der Waals surface area contributed by atoms with Crippen molar-refractivity contribution in [2.24, 2.45) is 23.7 Å². The van der Waals surface area contributed by atoms with E-state index in [9.17, 15) is 24.3 Å². The first-order valence-electron chi connectivity index (χ1n) is 22.7. The molecule has 2 saturated carbocycles. The van der Waals surface area contributed by atoms with Crippen LogP contribution in [-0.4, -0.2) is 102 Å². The highest BCUT2D eigenvalue weighted by Gasteiger charge is 2.58. The maximum atomic E-state index is 14.4. The first kappa shape index (κ1) is 41.8. The van der Waals surface area contributed by atoms with Crippen molar-refractivity contribution < 1.29 is 33.8 Å². The number of alkyl carbamates (subject to hydrolysis) is 1. The number of hydrogen-bond donors (Lipinski definition) is 5. The molecule has 64 heavy (non-hydrogen) atoms. The number of likely N-dealkylation sites (tertiary alicyclic amines) is 2. The zero-order valence-electron chi connectivity index (χ0n) is 36.8. The number of methoxy groups -OCH3 is 1. The summed E-state index contributed by atoms with van der Waals surface area (Å²) in [5.74, 6) is 1.79. The molecule has 15 nitrogen and oxygen atoms in total. The molecule has 5 heterocycles. The SMILES string of the molecule is COC(=O)NC(C(=O)N1[C@@H]2C[C@@H]2C[C@H]1c1nc(-c2ccc3cc(-c4ccc(-c5c[nH]c([C@@H]6C[C@H]7C[C@H]7N6C(=O)[C@@H](NC(=O)O)C(C)C)n5)cc4)ccc3c2)c[nH]1)C1C[C@@H](C)O[C@@H](C)C1. The van der Waals surface area contributed by atoms with E-state index in [0.29, 0.717) is 24.7 Å². The summed E-state index contributed by atoms with van der Waals surface area (Å²) in [7, 11) is 1.32. The van der Waals surface area contributed by atoms with E-state index in [4.69, 9.17) is 19.4 Å². The molecule has 3 aromatic carbocycles. The van der Waals surface area contributed by atoms with Crippen LogP contribution < -0.4 is 10.6 Å². The van der Waals surface area contributed by atoms with Crippen LogP contribution in [0.3, 0.4) is 0 Å². The van der Waals surface area contributed by atoms with Gasteiger partial charge in [0.2, 0.25) is 11.8 Å². The number of H-pyrrole nitrogens is 2. The van der Waals surface area contributed by atoms with Crippen molar-refractivity contribution in [3.63, 3.8) is 0 Å². The van der Waals surface area contributed by atoms with Gasteiger partial charge in [-0.05, 0) is 110 Å². The van der Waals surface area contributed by atoms with Crippen molar-refractivity contribution >= 4 is 34.8 Å². The van der Waals surface area contributed by atoms with Crippen LogP contribution in [0, 0.1) is 23.7 Å². The van der Waals surface area contributed by atoms with E-state index >= 15 is 0 Å². The average Bonchev–Trinajstić information content (AvgIpc) is 3.86. The third-order valence-corrected chi connectivity index (χ3v) is 14.3. The quantitative estimate of drug-likeness (QED) is 0.0879. The molecule has 5 fully saturated rings. The van der Waals surface area contributed by atoms with E-state index in [1.54, 1.807) is 0 Å². The Morgan fingerprint density at radius 2 is 1.22 bits per heavy atom. The number of carboxylic acid groups (broad SMARTS) is 1. The third-order valence-electron chi connectivity index (χ3n) is 14.3. The third kappa shape index (κ3) is 7.88. The highest BCUT2D eigenvalue weighted by atomic mass is 16.5. The van der Waals surface area contributed by atoms with E-state index in [0.717, 1.165) is 81.7 Å². The molecule has 5 aliphatic rings. The van der Waals surface area contributed by atoms with Crippen LogP contribution in [0.1, 0.15) is 90.0 Å². The van der Waals surface area contributed by atoms with E-state index < -0.39 is 24.3 Å². The van der Waals surface area contributed by atoms with Crippen molar-refractivity contribution in [1.29, 1.82) is 0 Å². The minimum absolute atomic E-state index is 0.0129. The molecule has 3 saturated heterocycles. The van der Waals surface area contributed by atoms with Gasteiger partial charge in [-0.2, -0.15) is 0 Å². The first-order valence-corrected chi connectivity index (χ1v) is 22.7. The van der Waals surface area contributed by atoms with Gasteiger partial charge in [0.15, 0.2) is 0 Å². The fraction of sp³-hybridized carbons (Fsp3) is 0.469. The molecule has 2 unspecified atom stereocenters. The van der Waals surface area contributed by atoms with Crippen molar-refractivity contribution in [2.45, 2.75) is 115 Å². The zero-order chi connectivity index (χ0) is 44.6. The number of carbonyl (C=O) groups excluding carboxylic acids is 3. The van der Waals surface area contributed by atoms with Crippen LogP contribution in [0.15, 0.2) is 73.1 Å². The Morgan fingerprint density at radius 3 is 1.78 bits per heavy atom. The highest BCUT2D eigenvalue weighted by molar-refractivity contribution is 5.91. The molecular formula is C49H56N8O7. The molecule has 0 radical (unpaired) electrons. The summed E-state index contributed by atoms with van der Waals surface area (Å²) < 4.78 is 10.9. The zero-order valence-corrected chi connectivity index (χ0v) is 36.8. The Kier molecular flexibility index (Phi) is 10.7. The second-order valence-corrected chi connectivity index (χ2v) is 19.1. The molecular weight excluding hydrogens is 813 g/mol. The molecule has 15 heteroatoms. The number of imidazole rings is 2. The van der Waals surface area contributed by atoms with Gasteiger partial charge in [-0.3, -0.25) is 9.59 Å². The molecule has 10 rings (SSSR count). The van der Waals surface area contributed by atoms with Gasteiger partial charge in [-0.15, -0.1) is 0 Å². The number of aromatic nitrogens is 4. The average molecular weight is 869 g/mol. The van der Waals surface area contributed by atoms with Crippen LogP contribution in [0.5, 0.6) is 0 Å². The highest BCUT2D eigenvalue weighted by Crippen LogP contribution is 2.55. The van der Waals surface area contributed by atoms with Gasteiger partial charge in [0.1, 0.15) is 23.7 Å². The summed E-state index contributed by atoms with van der Waals surface area (Å²) >= 11 is 0. The normalized spacial score (nSPS) is 27.8. The van der Waals surface area contributed by atoms with E-state index in [2.05, 4.69) is 81.3 Å². The number of nitrogens with zero attached hydrogens (tertiary/aromatic N) is 4. The minimum Gasteiger partial charge on any atom is -0.465 e. The van der Waals surface area contributed by atoms with Gasteiger partial charge in [-0.1, -0.05) is 62.4 Å². The van der Waals surface area contributed by atoms with E-state index in [1.165, 1.54) is 7.11 Å². The summed E-state index contributed by atoms with van der Waals surface area (Å²) in [6.07, 6.45) is 6.86. The second kappa shape index (κ2) is 16.4. The van der Waals surface area contributed by atoms with Gasteiger partial charge in [0.05, 0.1) is 42.8 Å². The van der Waals surface area contributed by atoms with E-state index in [-0.39, 0.29) is 60.0 Å². The minimum atomic E-state index is -1.20. The van der Waals surface area contributed by atoms with Crippen LogP contribution >= 0.6 is 0 Å². The maximum absolute atomic E-state index is 14.4. The second-order valence-electron chi connectivity index (χ2n) is 19.1. The van der Waals surface area contributed by atoms with Gasteiger partial charge >= 0.3 is 12.2 Å². The lowest BCUT2D eigenvalue weighted by molar-refractivity contribution is -0.140. The summed E-state index contributed by atoms with van der Waals surface area (Å²) in [5, 5.41) is 16.9. The van der Waals surface area contributed by atoms with E-state index in [1.807, 2.05) is 49.9 Å². The lowest BCUT2D eigenvalue weighted by Gasteiger charge is -2.38. The topological polar surface area (TPSA) is 195 Å². The predicted molar refractivity (Wildman–Crippen MR) is 239 cm³/mol. The van der Waals surface area contributed by atoms with Crippen LogP contribution in [-0.2, 0) is 19.1 Å². The molecule has 3 aliphatic heterocycles. The summed E-state index contributed by atoms with van der Waals surface area (Å²) in [4.78, 5) is 72.7. The number of nitrogens with one attached hydrogen (secondary N) is 4. The molecule has 5 N–H and O–H groups in total. The van der Waals surface area contributed by atoms with Gasteiger partial charge in [-0.25, -0.2) is 19.6 Å². The number of hydrogen-bond acceptors (Lipinski definition) is 8. The summed E-state index contributed by atoms with van der Waals surface area (Å²) in [5.41, 5.74) is 5.67. The smallest absolute Gasteiger partial charge is 0.407 e. The number of ether oxygens (including phenoxy) is 2. The van der Waals surface area contributed by atoms with Crippen molar-refractivity contribution in [3.05, 3.63) is 84.7 Å². The Bertz CT molecular complexity index is 2600. The molecule has 11 atom stereocenters. The Balaban J connectivity index is 0.824. The van der Waals surface area contributed by atoms with Crippen molar-refractivity contribution in [2.75, 3.05) is 7.11 Å². The van der Waals surface area contributed by atoms with Crippen molar-refractivity contribution in [1.82, 2.24) is 40.4 Å². The molecule has 334 valence electrons. The summed E-state index contributed by atoms with van der Waals surface area (Å²) in [6, 6.07) is 19.4. The number of rotatable bonds is 11. The van der Waals surface area contributed by atoms with Gasteiger partial charge in [0, 0.05) is 35.6 Å². The van der Waals surface area contributed by atoms with Crippen LogP contribution in [0.25, 0.3) is 44.4 Å². The standard InChI is InChI=1S/C49H56N8O7/c1-24(2)42(54-48(60)61)46(58)56-38-18-33(38)20-40(56)44-50-22-36(52-44)28-8-6-27(7-9-28)29-10-11-31-17-32(13-12-30(31)16-29)37-23-51-45(53-37)41-21-34-19-39(34)57(41)47(59)43(55-49(62)63-5)35-14-25(3)64-26(4)15-35/h6-13,16-17,22-26,33-35,38-43,54H,14-15,18-21H2,1-5H3,(H,50,52)(H,51,53)(H,55,62)(H,60,61)/t25-,26+,33-,34-,35?,38-,39-,40+,41+,42+,43?/m1/s1. The molecule has 4 amide bonds. The van der Waals surface area contributed by atoms with Crippen LogP contribution in [0.4, 0.5) is 9.59 Å². The first-order chi connectivity index (χ1) is 30.8. The number of carbonyl (C=O) groups is 4. The monoisotopic (exact) mass is 868 g/mol. The van der Waals surface area contributed by atoms with Gasteiger partial charge < -0.3 is 45.0 Å². The fourth-order valence-electron chi connectivity index (χ4n) is 11.0. The lowest BCUT2D eigenvalue weighted by Crippen LogP contribution is -2.55. The van der Waals surface area contributed by atoms with Crippen molar-refractivity contribution in [3.8, 4) is 33.6 Å².